The Labute approximate surface area is 164 Å². The number of aromatic nitrogens is 3. The summed E-state index contributed by atoms with van der Waals surface area (Å²) in [6.07, 6.45) is 3.23. The van der Waals surface area contributed by atoms with Crippen molar-refractivity contribution >= 4 is 11.9 Å². The van der Waals surface area contributed by atoms with Crippen LogP contribution in [0.15, 0.2) is 35.4 Å². The van der Waals surface area contributed by atoms with E-state index in [2.05, 4.69) is 15.5 Å². The zero-order chi connectivity index (χ0) is 20.4. The lowest BCUT2D eigenvalue weighted by Gasteiger charge is -2.12. The summed E-state index contributed by atoms with van der Waals surface area (Å²) >= 11 is 0. The highest BCUT2D eigenvalue weighted by Crippen LogP contribution is 2.32. The number of methoxy groups -OCH3 is 1. The van der Waals surface area contributed by atoms with E-state index < -0.39 is 11.5 Å². The Hall–Kier alpha value is -3.82. The third-order valence-corrected chi connectivity index (χ3v) is 4.54. The largest absolute Gasteiger partial charge is 0.465 e. The van der Waals surface area contributed by atoms with Gasteiger partial charge in [0.1, 0.15) is 11.3 Å². The number of rotatable bonds is 6. The molecule has 0 fully saturated rings. The molecule has 1 amide bonds. The lowest BCUT2D eigenvalue weighted by molar-refractivity contribution is -0.121. The summed E-state index contributed by atoms with van der Waals surface area (Å²) in [5.41, 5.74) is 1.13. The van der Waals surface area contributed by atoms with Gasteiger partial charge < -0.3 is 24.1 Å². The molecule has 10 heteroatoms. The number of fused-ring (bicyclic) bond motifs is 2. The van der Waals surface area contributed by atoms with E-state index in [1.165, 1.54) is 13.3 Å². The highest BCUT2D eigenvalue weighted by atomic mass is 16.7. The predicted octanol–water partition coefficient (Wildman–Crippen LogP) is 0.898. The lowest BCUT2D eigenvalue weighted by atomic mass is 10.1. The number of aromatic amines is 1. The van der Waals surface area contributed by atoms with Gasteiger partial charge in [0.15, 0.2) is 11.5 Å². The standard InChI is InChI=1S/C19H18N4O6/c1-27-19(26)13-9-23(8-12-17(13)21-22-18(12)25)5-4-16(24)20-7-11-2-3-14-15(6-11)29-10-28-14/h2-3,6,8-9H,4-5,7,10H2,1H3,(H,20,24)(H,22,25). The maximum Gasteiger partial charge on any atom is 0.341 e. The number of benzene rings is 1. The maximum atomic E-state index is 12.2. The van der Waals surface area contributed by atoms with Crippen LogP contribution in [0.5, 0.6) is 11.5 Å². The molecule has 0 unspecified atom stereocenters. The Morgan fingerprint density at radius 2 is 2.10 bits per heavy atom. The van der Waals surface area contributed by atoms with Crippen molar-refractivity contribution in [3.63, 3.8) is 0 Å². The summed E-state index contributed by atoms with van der Waals surface area (Å²) in [4.78, 5) is 36.1. The molecule has 3 aliphatic heterocycles. The second kappa shape index (κ2) is 7.66. The molecule has 10 nitrogen and oxygen atoms in total. The van der Waals surface area contributed by atoms with Crippen LogP contribution in [0.25, 0.3) is 11.3 Å². The summed E-state index contributed by atoms with van der Waals surface area (Å²) in [6, 6.07) is 5.48. The van der Waals surface area contributed by atoms with Gasteiger partial charge in [0.25, 0.3) is 5.56 Å². The van der Waals surface area contributed by atoms with Gasteiger partial charge in [-0.2, -0.15) is 5.10 Å². The molecule has 150 valence electrons. The smallest absolute Gasteiger partial charge is 0.341 e. The third-order valence-electron chi connectivity index (χ3n) is 4.54. The van der Waals surface area contributed by atoms with Crippen molar-refractivity contribution in [3.8, 4) is 22.8 Å². The second-order valence-electron chi connectivity index (χ2n) is 6.43. The molecular weight excluding hydrogens is 380 g/mol. The van der Waals surface area contributed by atoms with E-state index in [9.17, 15) is 14.4 Å². The number of hydrogen-bond acceptors (Lipinski definition) is 7. The van der Waals surface area contributed by atoms with Gasteiger partial charge in [-0.05, 0) is 17.7 Å². The van der Waals surface area contributed by atoms with Crippen LogP contribution in [0.4, 0.5) is 0 Å². The van der Waals surface area contributed by atoms with E-state index in [0.29, 0.717) is 18.0 Å². The number of nitrogens with one attached hydrogen (secondary N) is 2. The van der Waals surface area contributed by atoms with Crippen molar-refractivity contribution in [2.45, 2.75) is 19.5 Å². The first-order valence-electron chi connectivity index (χ1n) is 8.87. The lowest BCUT2D eigenvalue weighted by Crippen LogP contribution is -2.24. The highest BCUT2D eigenvalue weighted by molar-refractivity contribution is 5.95. The number of ether oxygens (including phenoxy) is 3. The molecule has 0 aliphatic carbocycles. The van der Waals surface area contributed by atoms with Gasteiger partial charge in [-0.1, -0.05) is 6.07 Å². The number of nitrogens with zero attached hydrogens (tertiary/aromatic N) is 2. The third kappa shape index (κ3) is 3.77. The summed E-state index contributed by atoms with van der Waals surface area (Å²) in [7, 11) is 1.25. The molecule has 1 aromatic rings. The van der Waals surface area contributed by atoms with Crippen LogP contribution >= 0.6 is 0 Å². The minimum atomic E-state index is -0.608. The van der Waals surface area contributed by atoms with E-state index in [4.69, 9.17) is 14.2 Å². The van der Waals surface area contributed by atoms with Gasteiger partial charge in [-0.3, -0.25) is 9.59 Å². The summed E-state index contributed by atoms with van der Waals surface area (Å²) in [5, 5.41) is 9.01. The Morgan fingerprint density at radius 3 is 2.93 bits per heavy atom. The molecule has 3 heterocycles. The number of aryl methyl sites for hydroxylation is 1. The van der Waals surface area contributed by atoms with Crippen LogP contribution < -0.4 is 20.3 Å². The number of carbonyl (C=O) groups is 2. The Balaban J connectivity index is 1.40. The fourth-order valence-corrected chi connectivity index (χ4v) is 3.05. The molecule has 3 aliphatic rings. The Kier molecular flexibility index (Phi) is 4.90. The minimum absolute atomic E-state index is 0.157. The van der Waals surface area contributed by atoms with Gasteiger partial charge in [0.2, 0.25) is 12.7 Å². The monoisotopic (exact) mass is 398 g/mol. The quantitative estimate of drug-likeness (QED) is 0.591. The minimum Gasteiger partial charge on any atom is -0.465 e. The molecule has 0 saturated carbocycles. The molecule has 4 rings (SSSR count). The van der Waals surface area contributed by atoms with Gasteiger partial charge in [-0.25, -0.2) is 9.89 Å². The van der Waals surface area contributed by atoms with Crippen molar-refractivity contribution in [1.82, 2.24) is 20.1 Å². The van der Waals surface area contributed by atoms with Crippen molar-refractivity contribution in [3.05, 3.63) is 52.1 Å². The molecule has 29 heavy (non-hydrogen) atoms. The van der Waals surface area contributed by atoms with Gasteiger partial charge >= 0.3 is 5.97 Å². The molecule has 2 N–H and O–H groups in total. The fraction of sp³-hybridized carbons (Fsp3) is 0.263. The van der Waals surface area contributed by atoms with Crippen molar-refractivity contribution in [2.24, 2.45) is 0 Å². The van der Waals surface area contributed by atoms with Crippen LogP contribution in [-0.2, 0) is 22.6 Å². The van der Waals surface area contributed by atoms with E-state index in [1.54, 1.807) is 16.8 Å². The van der Waals surface area contributed by atoms with Gasteiger partial charge in [0, 0.05) is 31.9 Å². The van der Waals surface area contributed by atoms with Crippen LogP contribution in [0, 0.1) is 0 Å². The second-order valence-corrected chi connectivity index (χ2v) is 6.43. The van der Waals surface area contributed by atoms with Crippen LogP contribution in [-0.4, -0.2) is 40.5 Å². The molecule has 1 aromatic carbocycles. The molecule has 0 bridgehead atoms. The number of hydrogen-bond donors (Lipinski definition) is 2. The van der Waals surface area contributed by atoms with Gasteiger partial charge in [-0.15, -0.1) is 0 Å². The fourth-order valence-electron chi connectivity index (χ4n) is 3.05. The molecule has 0 radical (unpaired) electrons. The van der Waals surface area contributed by atoms with E-state index in [1.807, 2.05) is 12.1 Å². The average Bonchev–Trinajstić information content (AvgIpc) is 3.36. The summed E-state index contributed by atoms with van der Waals surface area (Å²) in [5.74, 6) is 0.558. The average molecular weight is 398 g/mol. The first-order valence-corrected chi connectivity index (χ1v) is 8.87. The zero-order valence-corrected chi connectivity index (χ0v) is 15.6. The summed E-state index contributed by atoms with van der Waals surface area (Å²) < 4.78 is 16.9. The number of pyridine rings is 1. The van der Waals surface area contributed by atoms with Crippen molar-refractivity contribution in [2.75, 3.05) is 13.9 Å². The number of H-pyrrole nitrogens is 1. The van der Waals surface area contributed by atoms with Crippen LogP contribution in [0.3, 0.4) is 0 Å². The molecular formula is C19H18N4O6. The topological polar surface area (TPSA) is 125 Å². The predicted molar refractivity (Wildman–Crippen MR) is 99.8 cm³/mol. The maximum absolute atomic E-state index is 12.2. The molecule has 0 saturated heterocycles. The Bertz CT molecular complexity index is 1100. The SMILES string of the molecule is COC(=O)c1cn(CCC(=O)NCc2ccc3c(c2)OCO3)cc2c(=O)[nH]nc1-2. The van der Waals surface area contributed by atoms with Crippen molar-refractivity contribution < 1.29 is 23.8 Å². The molecule has 0 aromatic heterocycles. The zero-order valence-electron chi connectivity index (χ0n) is 15.6. The van der Waals surface area contributed by atoms with Crippen LogP contribution in [0.2, 0.25) is 0 Å². The van der Waals surface area contributed by atoms with Crippen LogP contribution in [0.1, 0.15) is 22.3 Å². The highest BCUT2D eigenvalue weighted by Gasteiger charge is 2.22. The van der Waals surface area contributed by atoms with E-state index >= 15 is 0 Å². The summed E-state index contributed by atoms with van der Waals surface area (Å²) in [6.45, 7) is 0.818. The number of esters is 1. The Morgan fingerprint density at radius 1 is 1.28 bits per heavy atom. The first kappa shape index (κ1) is 18.5. The van der Waals surface area contributed by atoms with E-state index in [0.717, 1.165) is 5.56 Å². The number of amides is 1. The van der Waals surface area contributed by atoms with E-state index in [-0.39, 0.29) is 42.5 Å². The van der Waals surface area contributed by atoms with Gasteiger partial charge in [0.05, 0.1) is 12.7 Å². The number of carbonyl (C=O) groups excluding carboxylic acids is 2. The molecule has 0 atom stereocenters. The normalized spacial score (nSPS) is 12.2. The molecule has 0 spiro atoms. The van der Waals surface area contributed by atoms with Crippen molar-refractivity contribution in [1.29, 1.82) is 0 Å². The first-order chi connectivity index (χ1) is 14.0.